The van der Waals surface area contributed by atoms with Gasteiger partial charge in [-0.15, -0.1) is 0 Å². The molecule has 2 aromatic rings. The van der Waals surface area contributed by atoms with E-state index >= 15 is 0 Å². The normalized spacial score (nSPS) is 21.7. The van der Waals surface area contributed by atoms with Crippen LogP contribution in [-0.2, 0) is 9.59 Å². The van der Waals surface area contributed by atoms with Gasteiger partial charge in [0.15, 0.2) is 5.78 Å². The van der Waals surface area contributed by atoms with Gasteiger partial charge in [-0.05, 0) is 47.7 Å². The minimum atomic E-state index is -0.264. The van der Waals surface area contributed by atoms with E-state index in [2.05, 4.69) is 13.8 Å². The minimum absolute atomic E-state index is 0.0310. The Hall–Kier alpha value is -2.10. The number of carbonyl (C=O) groups is 2. The first-order valence-corrected chi connectivity index (χ1v) is 10.1. The molecule has 0 saturated carbocycles. The number of nitrogens with zero attached hydrogens (tertiary/aromatic N) is 1. The fourth-order valence-electron chi connectivity index (χ4n) is 4.34. The maximum Gasteiger partial charge on any atom is 0.232 e. The summed E-state index contributed by atoms with van der Waals surface area (Å²) >= 11 is 12.4. The van der Waals surface area contributed by atoms with E-state index in [-0.39, 0.29) is 29.4 Å². The molecule has 2 aliphatic rings. The number of Topliss-reactive ketones (excluding diaryl/α,β-unsaturated/α-hetero) is 1. The molecule has 144 valence electrons. The quantitative estimate of drug-likeness (QED) is 0.591. The second-order valence-corrected chi connectivity index (χ2v) is 9.19. The van der Waals surface area contributed by atoms with Crippen LogP contribution >= 0.6 is 23.2 Å². The summed E-state index contributed by atoms with van der Waals surface area (Å²) in [6.45, 7) is 4.14. The van der Waals surface area contributed by atoms with Crippen molar-refractivity contribution >= 4 is 40.6 Å². The third-order valence-electron chi connectivity index (χ3n) is 5.46. The number of halogens is 2. The first-order valence-electron chi connectivity index (χ1n) is 9.35. The number of anilines is 1. The van der Waals surface area contributed by atoms with Crippen LogP contribution in [0.15, 0.2) is 59.8 Å². The minimum Gasteiger partial charge on any atom is -0.294 e. The van der Waals surface area contributed by atoms with Crippen molar-refractivity contribution < 1.29 is 9.59 Å². The zero-order valence-corrected chi connectivity index (χ0v) is 17.3. The van der Waals surface area contributed by atoms with Crippen molar-refractivity contribution in [3.8, 4) is 0 Å². The topological polar surface area (TPSA) is 37.4 Å². The van der Waals surface area contributed by atoms with Gasteiger partial charge in [0.2, 0.25) is 5.91 Å². The first kappa shape index (κ1) is 19.2. The third kappa shape index (κ3) is 3.49. The molecule has 1 aliphatic carbocycles. The van der Waals surface area contributed by atoms with Crippen LogP contribution in [0.5, 0.6) is 0 Å². The smallest absolute Gasteiger partial charge is 0.232 e. The van der Waals surface area contributed by atoms with Gasteiger partial charge in [0.1, 0.15) is 0 Å². The summed E-state index contributed by atoms with van der Waals surface area (Å²) < 4.78 is 0. The highest BCUT2D eigenvalue weighted by molar-refractivity contribution is 6.31. The zero-order chi connectivity index (χ0) is 20.1. The molecule has 28 heavy (non-hydrogen) atoms. The van der Waals surface area contributed by atoms with Crippen molar-refractivity contribution in [1.82, 2.24) is 0 Å². The molecule has 2 aromatic carbocycles. The largest absolute Gasteiger partial charge is 0.294 e. The fraction of sp³-hybridized carbons (Fsp3) is 0.304. The van der Waals surface area contributed by atoms with Crippen molar-refractivity contribution in [2.24, 2.45) is 5.41 Å². The number of hydrogen-bond donors (Lipinski definition) is 0. The van der Waals surface area contributed by atoms with Gasteiger partial charge in [-0.1, -0.05) is 55.2 Å². The number of allylic oxidation sites excluding steroid dienone is 2. The number of hydrogen-bond acceptors (Lipinski definition) is 2. The lowest BCUT2D eigenvalue weighted by molar-refractivity contribution is -0.121. The molecule has 0 spiro atoms. The Morgan fingerprint density at radius 1 is 0.964 bits per heavy atom. The number of rotatable bonds is 2. The SMILES string of the molecule is CC1(C)CC(=O)C2=C(C1)N(c1cccc(Cl)c1)C(=O)CC2c1cccc(Cl)c1. The molecule has 0 fully saturated rings. The molecule has 3 nitrogen and oxygen atoms in total. The molecule has 0 saturated heterocycles. The molecule has 5 heteroatoms. The molecule has 0 N–H and O–H groups in total. The fourth-order valence-corrected chi connectivity index (χ4v) is 4.72. The van der Waals surface area contributed by atoms with Crippen molar-refractivity contribution in [2.75, 3.05) is 4.90 Å². The lowest BCUT2D eigenvalue weighted by Gasteiger charge is -2.43. The Morgan fingerprint density at radius 2 is 1.64 bits per heavy atom. The molecule has 0 bridgehead atoms. The molecular formula is C23H21Cl2NO2. The predicted octanol–water partition coefficient (Wildman–Crippen LogP) is 6.16. The number of benzene rings is 2. The van der Waals surface area contributed by atoms with Crippen molar-refractivity contribution in [3.05, 3.63) is 75.4 Å². The molecule has 0 radical (unpaired) electrons. The Labute approximate surface area is 174 Å². The highest BCUT2D eigenvalue weighted by Crippen LogP contribution is 2.48. The average molecular weight is 414 g/mol. The highest BCUT2D eigenvalue weighted by Gasteiger charge is 2.44. The van der Waals surface area contributed by atoms with Gasteiger partial charge in [0.05, 0.1) is 5.69 Å². The second-order valence-electron chi connectivity index (χ2n) is 8.32. The average Bonchev–Trinajstić information content (AvgIpc) is 2.59. The van der Waals surface area contributed by atoms with Gasteiger partial charge in [0, 0.05) is 40.1 Å². The second kappa shape index (κ2) is 7.06. The number of carbonyl (C=O) groups excluding carboxylic acids is 2. The first-order chi connectivity index (χ1) is 13.2. The molecule has 4 rings (SSSR count). The van der Waals surface area contributed by atoms with Gasteiger partial charge in [0.25, 0.3) is 0 Å². The van der Waals surface area contributed by atoms with Crippen molar-refractivity contribution in [3.63, 3.8) is 0 Å². The Bertz CT molecular complexity index is 1010. The molecule has 1 heterocycles. The Balaban J connectivity index is 1.91. The van der Waals surface area contributed by atoms with E-state index in [1.54, 1.807) is 23.1 Å². The van der Waals surface area contributed by atoms with E-state index in [4.69, 9.17) is 23.2 Å². The molecular weight excluding hydrogens is 393 g/mol. The van der Waals surface area contributed by atoms with E-state index in [9.17, 15) is 9.59 Å². The summed E-state index contributed by atoms with van der Waals surface area (Å²) in [6, 6.07) is 14.7. The summed E-state index contributed by atoms with van der Waals surface area (Å²) in [6.07, 6.45) is 1.36. The summed E-state index contributed by atoms with van der Waals surface area (Å²) in [5.41, 5.74) is 2.95. The van der Waals surface area contributed by atoms with Gasteiger partial charge < -0.3 is 0 Å². The molecule has 1 unspecified atom stereocenters. The number of amides is 1. The highest BCUT2D eigenvalue weighted by atomic mass is 35.5. The van der Waals surface area contributed by atoms with Crippen LogP contribution in [0, 0.1) is 5.41 Å². The maximum atomic E-state index is 13.3. The zero-order valence-electron chi connectivity index (χ0n) is 15.8. The lowest BCUT2D eigenvalue weighted by Crippen LogP contribution is -2.43. The standard InChI is InChI=1S/C23H21Cl2NO2/c1-23(2)12-19-22(20(27)13-23)18(14-5-3-6-15(24)9-14)11-21(28)26(19)17-8-4-7-16(25)10-17/h3-10,18H,11-13H2,1-2H3. The van der Waals surface area contributed by atoms with Crippen LogP contribution in [0.4, 0.5) is 5.69 Å². The van der Waals surface area contributed by atoms with E-state index in [0.717, 1.165) is 16.8 Å². The maximum absolute atomic E-state index is 13.3. The summed E-state index contributed by atoms with van der Waals surface area (Å²) in [4.78, 5) is 28.2. The van der Waals surface area contributed by atoms with E-state index < -0.39 is 0 Å². The van der Waals surface area contributed by atoms with E-state index in [1.807, 2.05) is 30.3 Å². The Morgan fingerprint density at radius 3 is 2.32 bits per heavy atom. The predicted molar refractivity (Wildman–Crippen MR) is 113 cm³/mol. The van der Waals surface area contributed by atoms with Crippen LogP contribution < -0.4 is 4.90 Å². The molecule has 1 aliphatic heterocycles. The van der Waals surface area contributed by atoms with Gasteiger partial charge in [-0.3, -0.25) is 14.5 Å². The summed E-state index contributed by atoms with van der Waals surface area (Å²) in [5.74, 6) is -0.188. The van der Waals surface area contributed by atoms with Crippen LogP contribution in [0.1, 0.15) is 44.6 Å². The summed E-state index contributed by atoms with van der Waals surface area (Å²) in [7, 11) is 0. The van der Waals surface area contributed by atoms with Gasteiger partial charge in [-0.25, -0.2) is 0 Å². The van der Waals surface area contributed by atoms with Crippen molar-refractivity contribution in [1.29, 1.82) is 0 Å². The Kier molecular flexibility index (Phi) is 4.84. The molecule has 1 amide bonds. The van der Waals surface area contributed by atoms with Crippen LogP contribution in [0.3, 0.4) is 0 Å². The molecule has 1 atom stereocenters. The van der Waals surface area contributed by atoms with Gasteiger partial charge >= 0.3 is 0 Å². The van der Waals surface area contributed by atoms with Gasteiger partial charge in [-0.2, -0.15) is 0 Å². The van der Waals surface area contributed by atoms with E-state index in [1.165, 1.54) is 0 Å². The van der Waals surface area contributed by atoms with Crippen LogP contribution in [0.25, 0.3) is 0 Å². The monoisotopic (exact) mass is 413 g/mol. The van der Waals surface area contributed by atoms with E-state index in [0.29, 0.717) is 28.6 Å². The summed E-state index contributed by atoms with van der Waals surface area (Å²) in [5, 5.41) is 1.17. The van der Waals surface area contributed by atoms with Crippen LogP contribution in [-0.4, -0.2) is 11.7 Å². The number of ketones is 1. The van der Waals surface area contributed by atoms with Crippen molar-refractivity contribution in [2.45, 2.75) is 39.0 Å². The third-order valence-corrected chi connectivity index (χ3v) is 5.93. The molecule has 0 aromatic heterocycles. The lowest BCUT2D eigenvalue weighted by atomic mass is 9.69. The van der Waals surface area contributed by atoms with Crippen LogP contribution in [0.2, 0.25) is 10.0 Å².